The number of methoxy groups -OCH3 is 1. The first-order valence-electron chi connectivity index (χ1n) is 9.01. The van der Waals surface area contributed by atoms with Gasteiger partial charge in [-0.05, 0) is 37.0 Å². The molecule has 2 aromatic rings. The molecule has 142 valence electrons. The van der Waals surface area contributed by atoms with Crippen LogP contribution in [0.2, 0.25) is 0 Å². The highest BCUT2D eigenvalue weighted by molar-refractivity contribution is 5.79. The lowest BCUT2D eigenvalue weighted by Gasteiger charge is -2.21. The first-order valence-corrected chi connectivity index (χ1v) is 9.01. The maximum atomic E-state index is 5.22. The second-order valence-corrected chi connectivity index (χ2v) is 6.35. The van der Waals surface area contributed by atoms with Crippen molar-refractivity contribution in [1.29, 1.82) is 0 Å². The molecule has 0 aliphatic carbocycles. The lowest BCUT2D eigenvalue weighted by atomic mass is 9.98. The molecule has 7 heteroatoms. The van der Waals surface area contributed by atoms with E-state index in [1.165, 1.54) is 5.56 Å². The first kappa shape index (κ1) is 19.8. The van der Waals surface area contributed by atoms with Crippen LogP contribution in [0, 0.1) is 0 Å². The highest BCUT2D eigenvalue weighted by Crippen LogP contribution is 2.21. The molecule has 2 rings (SSSR count). The van der Waals surface area contributed by atoms with Crippen LogP contribution in [0.5, 0.6) is 5.75 Å². The Bertz CT molecular complexity index is 694. The van der Waals surface area contributed by atoms with Crippen LogP contribution < -0.4 is 10.1 Å². The molecule has 0 radical (unpaired) electrons. The van der Waals surface area contributed by atoms with Gasteiger partial charge in [0.05, 0.1) is 13.7 Å². The number of hydrogen-bond acceptors (Lipinski definition) is 4. The Hall–Kier alpha value is -2.57. The zero-order valence-electron chi connectivity index (χ0n) is 16.4. The fraction of sp³-hybridized carbons (Fsp3) is 0.526. The van der Waals surface area contributed by atoms with Crippen LogP contribution >= 0.6 is 0 Å². The summed E-state index contributed by atoms with van der Waals surface area (Å²) in [7, 11) is 5.60. The molecule has 1 atom stereocenters. The van der Waals surface area contributed by atoms with Crippen LogP contribution in [-0.2, 0) is 13.6 Å². The Morgan fingerprint density at radius 1 is 1.35 bits per heavy atom. The number of nitrogens with zero attached hydrogens (tertiary/aromatic N) is 5. The van der Waals surface area contributed by atoms with E-state index in [9.17, 15) is 0 Å². The van der Waals surface area contributed by atoms with Crippen molar-refractivity contribution in [3.05, 3.63) is 42.0 Å². The van der Waals surface area contributed by atoms with Crippen LogP contribution in [0.15, 0.2) is 35.6 Å². The van der Waals surface area contributed by atoms with Crippen LogP contribution in [0.4, 0.5) is 0 Å². The maximum Gasteiger partial charge on any atom is 0.194 e. The lowest BCUT2D eigenvalue weighted by Crippen LogP contribution is -2.39. The number of aryl methyl sites for hydroxylation is 1. The summed E-state index contributed by atoms with van der Waals surface area (Å²) in [6, 6.07) is 8.26. The largest absolute Gasteiger partial charge is 0.497 e. The minimum absolute atomic E-state index is 0.441. The van der Waals surface area contributed by atoms with E-state index in [0.29, 0.717) is 12.5 Å². The maximum absolute atomic E-state index is 5.22. The summed E-state index contributed by atoms with van der Waals surface area (Å²) >= 11 is 0. The van der Waals surface area contributed by atoms with Crippen LogP contribution in [0.25, 0.3) is 0 Å². The van der Waals surface area contributed by atoms with E-state index < -0.39 is 0 Å². The SMILES string of the molecule is CCNC(=NCCC(C)c1ccc(OC)cc1)N(C)Cc1ncnn1C. The van der Waals surface area contributed by atoms with Crippen LogP contribution in [0.1, 0.15) is 37.6 Å². The summed E-state index contributed by atoms with van der Waals surface area (Å²) in [4.78, 5) is 11.1. The van der Waals surface area contributed by atoms with E-state index in [2.05, 4.69) is 46.3 Å². The lowest BCUT2D eigenvalue weighted by molar-refractivity contribution is 0.414. The standard InChI is InChI=1S/C19H30N6O/c1-6-20-19(24(3)13-18-22-14-23-25(18)4)21-12-11-15(2)16-7-9-17(26-5)10-8-16/h7-10,14-15H,6,11-13H2,1-5H3,(H,20,21). The molecule has 1 aromatic carbocycles. The molecular weight excluding hydrogens is 328 g/mol. The molecule has 1 heterocycles. The van der Waals surface area contributed by atoms with E-state index in [-0.39, 0.29) is 0 Å². The highest BCUT2D eigenvalue weighted by Gasteiger charge is 2.11. The molecule has 26 heavy (non-hydrogen) atoms. The van der Waals surface area contributed by atoms with Crippen molar-refractivity contribution < 1.29 is 4.74 Å². The van der Waals surface area contributed by atoms with Crippen molar-refractivity contribution in [3.63, 3.8) is 0 Å². The van der Waals surface area contributed by atoms with Crippen molar-refractivity contribution in [2.75, 3.05) is 27.2 Å². The third-order valence-electron chi connectivity index (χ3n) is 4.39. The van der Waals surface area contributed by atoms with E-state index in [0.717, 1.165) is 37.0 Å². The fourth-order valence-electron chi connectivity index (χ4n) is 2.68. The molecule has 0 saturated carbocycles. The Balaban J connectivity index is 1.93. The normalized spacial score (nSPS) is 12.7. The van der Waals surface area contributed by atoms with Gasteiger partial charge < -0.3 is 15.0 Å². The average Bonchev–Trinajstić information content (AvgIpc) is 3.05. The van der Waals surface area contributed by atoms with Gasteiger partial charge in [-0.15, -0.1) is 0 Å². The number of benzene rings is 1. The fourth-order valence-corrected chi connectivity index (χ4v) is 2.68. The summed E-state index contributed by atoms with van der Waals surface area (Å²) < 4.78 is 7.00. The number of rotatable bonds is 8. The Morgan fingerprint density at radius 2 is 2.08 bits per heavy atom. The number of aromatic nitrogens is 3. The van der Waals surface area contributed by atoms with Gasteiger partial charge in [0.2, 0.25) is 0 Å². The molecule has 1 aromatic heterocycles. The average molecular weight is 358 g/mol. The van der Waals surface area contributed by atoms with E-state index in [4.69, 9.17) is 9.73 Å². The second kappa shape index (κ2) is 9.79. The topological polar surface area (TPSA) is 67.6 Å². The zero-order valence-corrected chi connectivity index (χ0v) is 16.4. The summed E-state index contributed by atoms with van der Waals surface area (Å²) in [5.41, 5.74) is 1.30. The van der Waals surface area contributed by atoms with Crippen LogP contribution in [0.3, 0.4) is 0 Å². The molecule has 0 spiro atoms. The molecule has 1 unspecified atom stereocenters. The van der Waals surface area contributed by atoms with Crippen molar-refractivity contribution in [1.82, 2.24) is 25.0 Å². The third kappa shape index (κ3) is 5.47. The number of nitrogens with one attached hydrogen (secondary N) is 1. The molecule has 0 fully saturated rings. The summed E-state index contributed by atoms with van der Waals surface area (Å²) in [5.74, 6) is 3.12. The molecule has 0 amide bonds. The van der Waals surface area contributed by atoms with Crippen molar-refractivity contribution in [2.24, 2.45) is 12.0 Å². The van der Waals surface area contributed by atoms with Gasteiger partial charge in [-0.2, -0.15) is 5.10 Å². The third-order valence-corrected chi connectivity index (χ3v) is 4.39. The summed E-state index contributed by atoms with van der Waals surface area (Å²) in [6.45, 7) is 6.56. The Morgan fingerprint density at radius 3 is 2.65 bits per heavy atom. The van der Waals surface area contributed by atoms with E-state index in [1.807, 2.05) is 26.2 Å². The summed E-state index contributed by atoms with van der Waals surface area (Å²) in [5, 5.41) is 7.46. The molecule has 0 bridgehead atoms. The minimum atomic E-state index is 0.441. The quantitative estimate of drug-likeness (QED) is 0.580. The molecule has 0 saturated heterocycles. The smallest absolute Gasteiger partial charge is 0.194 e. The van der Waals surface area contributed by atoms with Crippen LogP contribution in [-0.4, -0.2) is 52.9 Å². The van der Waals surface area contributed by atoms with Crippen molar-refractivity contribution >= 4 is 5.96 Å². The second-order valence-electron chi connectivity index (χ2n) is 6.35. The van der Waals surface area contributed by atoms with Gasteiger partial charge in [-0.3, -0.25) is 9.67 Å². The zero-order chi connectivity index (χ0) is 18.9. The van der Waals surface area contributed by atoms with E-state index >= 15 is 0 Å². The van der Waals surface area contributed by atoms with Crippen molar-refractivity contribution in [3.8, 4) is 5.75 Å². The molecular formula is C19H30N6O. The predicted octanol–water partition coefficient (Wildman–Crippen LogP) is 2.41. The Kier molecular flexibility index (Phi) is 7.44. The van der Waals surface area contributed by atoms with E-state index in [1.54, 1.807) is 18.1 Å². The predicted molar refractivity (Wildman–Crippen MR) is 104 cm³/mol. The number of ether oxygens (including phenoxy) is 1. The van der Waals surface area contributed by atoms with Gasteiger partial charge in [-0.1, -0.05) is 19.1 Å². The van der Waals surface area contributed by atoms with Gasteiger partial charge in [0, 0.05) is 27.2 Å². The molecule has 0 aliphatic heterocycles. The number of aliphatic imine (C=N–C) groups is 1. The molecule has 1 N–H and O–H groups in total. The van der Waals surface area contributed by atoms with Gasteiger partial charge in [0.15, 0.2) is 5.96 Å². The summed E-state index contributed by atoms with van der Waals surface area (Å²) in [6.07, 6.45) is 2.56. The Labute approximate surface area is 156 Å². The van der Waals surface area contributed by atoms with Gasteiger partial charge in [0.25, 0.3) is 0 Å². The number of guanidine groups is 1. The molecule has 7 nitrogen and oxygen atoms in total. The highest BCUT2D eigenvalue weighted by atomic mass is 16.5. The van der Waals surface area contributed by atoms with Crippen molar-refractivity contribution in [2.45, 2.75) is 32.7 Å². The number of hydrogen-bond donors (Lipinski definition) is 1. The minimum Gasteiger partial charge on any atom is -0.497 e. The molecule has 0 aliphatic rings. The van der Waals surface area contributed by atoms with Gasteiger partial charge in [-0.25, -0.2) is 4.98 Å². The first-order chi connectivity index (χ1) is 12.5. The van der Waals surface area contributed by atoms with Gasteiger partial charge in [0.1, 0.15) is 17.9 Å². The van der Waals surface area contributed by atoms with Gasteiger partial charge >= 0.3 is 0 Å². The monoisotopic (exact) mass is 358 g/mol.